The normalized spacial score (nSPS) is 18.8. The predicted octanol–water partition coefficient (Wildman–Crippen LogP) is 2.18. The molecule has 1 saturated carbocycles. The summed E-state index contributed by atoms with van der Waals surface area (Å²) in [5.41, 5.74) is 1.28. The van der Waals surface area contributed by atoms with Gasteiger partial charge >= 0.3 is 0 Å². The van der Waals surface area contributed by atoms with Gasteiger partial charge in [-0.1, -0.05) is 18.2 Å². The highest BCUT2D eigenvalue weighted by Crippen LogP contribution is 2.28. The summed E-state index contributed by atoms with van der Waals surface area (Å²) in [5.74, 6) is 1.62. The van der Waals surface area contributed by atoms with E-state index in [1.807, 2.05) is 0 Å². The number of piperazine rings is 1. The van der Waals surface area contributed by atoms with Crippen molar-refractivity contribution < 1.29 is 9.84 Å². The maximum absolute atomic E-state index is 10.1. The molecule has 7 heteroatoms. The molecule has 27 heavy (non-hydrogen) atoms. The molecule has 0 spiro atoms. The number of guanidine groups is 1. The van der Waals surface area contributed by atoms with Gasteiger partial charge in [-0.05, 0) is 37.8 Å². The highest BCUT2D eigenvalue weighted by Gasteiger charge is 2.22. The first-order valence-electron chi connectivity index (χ1n) is 9.85. The van der Waals surface area contributed by atoms with E-state index < -0.39 is 6.10 Å². The van der Waals surface area contributed by atoms with E-state index >= 15 is 0 Å². The van der Waals surface area contributed by atoms with Crippen molar-refractivity contribution in [3.63, 3.8) is 0 Å². The van der Waals surface area contributed by atoms with E-state index in [0.717, 1.165) is 51.2 Å². The third-order valence-electron chi connectivity index (χ3n) is 4.85. The van der Waals surface area contributed by atoms with E-state index in [-0.39, 0.29) is 24.0 Å². The number of para-hydroxylation sites is 1. The Morgan fingerprint density at radius 3 is 2.56 bits per heavy atom. The standard InChI is InChI=1S/C20H32N4O2.HI/c1-2-21-20(22-14-19(25)16-26-15-17-8-9-17)24-12-10-23(11-13-24)18-6-4-3-5-7-18;/h3-7,17,19,25H,2,8-16H2,1H3,(H,21,22);1H. The molecule has 1 aliphatic carbocycles. The predicted molar refractivity (Wildman–Crippen MR) is 121 cm³/mol. The molecule has 2 aliphatic rings. The van der Waals surface area contributed by atoms with Crippen LogP contribution in [-0.4, -0.2) is 74.6 Å². The molecule has 0 amide bonds. The number of benzene rings is 1. The minimum atomic E-state index is -0.534. The van der Waals surface area contributed by atoms with Gasteiger partial charge in [-0.15, -0.1) is 24.0 Å². The van der Waals surface area contributed by atoms with Crippen molar-refractivity contribution in [1.82, 2.24) is 10.2 Å². The van der Waals surface area contributed by atoms with E-state index in [1.54, 1.807) is 0 Å². The number of nitrogens with one attached hydrogen (secondary N) is 1. The summed E-state index contributed by atoms with van der Waals surface area (Å²) in [4.78, 5) is 9.31. The molecule has 1 heterocycles. The topological polar surface area (TPSA) is 60.3 Å². The highest BCUT2D eigenvalue weighted by atomic mass is 127. The van der Waals surface area contributed by atoms with E-state index in [1.165, 1.54) is 18.5 Å². The number of aliphatic hydroxyl groups excluding tert-OH is 1. The van der Waals surface area contributed by atoms with Crippen molar-refractivity contribution in [2.45, 2.75) is 25.9 Å². The summed E-state index contributed by atoms with van der Waals surface area (Å²) in [6.45, 7) is 8.24. The van der Waals surface area contributed by atoms with Gasteiger partial charge in [0.2, 0.25) is 0 Å². The zero-order valence-electron chi connectivity index (χ0n) is 16.2. The van der Waals surface area contributed by atoms with Crippen LogP contribution >= 0.6 is 24.0 Å². The second kappa shape index (κ2) is 11.7. The second-order valence-electron chi connectivity index (χ2n) is 7.14. The average molecular weight is 488 g/mol. The number of hydrogen-bond acceptors (Lipinski definition) is 4. The summed E-state index contributed by atoms with van der Waals surface area (Å²) in [5, 5.41) is 13.5. The number of aliphatic hydroxyl groups is 1. The monoisotopic (exact) mass is 488 g/mol. The van der Waals surface area contributed by atoms with Crippen LogP contribution in [0.4, 0.5) is 5.69 Å². The SMILES string of the molecule is CCNC(=NCC(O)COCC1CC1)N1CCN(c2ccccc2)CC1.I. The van der Waals surface area contributed by atoms with Gasteiger partial charge in [0.05, 0.1) is 19.3 Å². The number of aliphatic imine (C=N–C) groups is 1. The first-order valence-corrected chi connectivity index (χ1v) is 9.85. The first-order chi connectivity index (χ1) is 12.8. The molecule has 152 valence electrons. The molecule has 0 radical (unpaired) electrons. The molecule has 6 nitrogen and oxygen atoms in total. The van der Waals surface area contributed by atoms with Crippen molar-refractivity contribution in [3.8, 4) is 0 Å². The van der Waals surface area contributed by atoms with E-state index in [9.17, 15) is 5.11 Å². The van der Waals surface area contributed by atoms with Crippen LogP contribution in [0, 0.1) is 5.92 Å². The molecule has 1 aliphatic heterocycles. The van der Waals surface area contributed by atoms with Gasteiger partial charge in [-0.3, -0.25) is 4.99 Å². The Labute approximate surface area is 180 Å². The van der Waals surface area contributed by atoms with E-state index in [4.69, 9.17) is 4.74 Å². The Morgan fingerprint density at radius 1 is 1.22 bits per heavy atom. The highest BCUT2D eigenvalue weighted by molar-refractivity contribution is 14.0. The fourth-order valence-electron chi connectivity index (χ4n) is 3.14. The van der Waals surface area contributed by atoms with Crippen LogP contribution in [0.25, 0.3) is 0 Å². The number of hydrogen-bond donors (Lipinski definition) is 2. The van der Waals surface area contributed by atoms with Crippen LogP contribution in [0.3, 0.4) is 0 Å². The Balaban J connectivity index is 0.00000261. The lowest BCUT2D eigenvalue weighted by Crippen LogP contribution is -2.52. The van der Waals surface area contributed by atoms with Crippen LogP contribution in [-0.2, 0) is 4.74 Å². The molecule has 1 atom stereocenters. The first kappa shape index (κ1) is 22.2. The van der Waals surface area contributed by atoms with Gasteiger partial charge in [0.25, 0.3) is 0 Å². The second-order valence-corrected chi connectivity index (χ2v) is 7.14. The molecule has 1 saturated heterocycles. The van der Waals surface area contributed by atoms with Gasteiger partial charge in [0, 0.05) is 45.0 Å². The summed E-state index contributed by atoms with van der Waals surface area (Å²) >= 11 is 0. The molecule has 2 N–H and O–H groups in total. The molecule has 1 aromatic rings. The average Bonchev–Trinajstić information content (AvgIpc) is 3.50. The zero-order valence-corrected chi connectivity index (χ0v) is 18.5. The van der Waals surface area contributed by atoms with Gasteiger partial charge in [0.1, 0.15) is 0 Å². The third-order valence-corrected chi connectivity index (χ3v) is 4.85. The number of ether oxygens (including phenoxy) is 1. The summed E-state index contributed by atoms with van der Waals surface area (Å²) in [6.07, 6.45) is 2.01. The molecule has 0 aromatic heterocycles. The molecular weight excluding hydrogens is 455 g/mol. The Kier molecular flexibility index (Phi) is 9.64. The van der Waals surface area contributed by atoms with Crippen molar-refractivity contribution >= 4 is 35.6 Å². The van der Waals surface area contributed by atoms with Crippen molar-refractivity contribution in [1.29, 1.82) is 0 Å². The Hall–Kier alpha value is -1.06. The van der Waals surface area contributed by atoms with Crippen LogP contribution in [0.1, 0.15) is 19.8 Å². The smallest absolute Gasteiger partial charge is 0.194 e. The Morgan fingerprint density at radius 2 is 1.93 bits per heavy atom. The lowest BCUT2D eigenvalue weighted by Gasteiger charge is -2.37. The molecule has 1 unspecified atom stereocenters. The van der Waals surface area contributed by atoms with Gasteiger partial charge in [-0.25, -0.2) is 0 Å². The lowest BCUT2D eigenvalue weighted by molar-refractivity contribution is 0.0367. The van der Waals surface area contributed by atoms with Crippen LogP contribution in [0.2, 0.25) is 0 Å². The fourth-order valence-corrected chi connectivity index (χ4v) is 3.14. The Bertz CT molecular complexity index is 560. The van der Waals surface area contributed by atoms with Crippen molar-refractivity contribution in [2.75, 3.05) is 57.4 Å². The molecule has 3 rings (SSSR count). The minimum absolute atomic E-state index is 0. The van der Waals surface area contributed by atoms with Crippen molar-refractivity contribution in [3.05, 3.63) is 30.3 Å². The van der Waals surface area contributed by atoms with Crippen molar-refractivity contribution in [2.24, 2.45) is 10.9 Å². The molecule has 2 fully saturated rings. The summed E-state index contributed by atoms with van der Waals surface area (Å²) < 4.78 is 5.56. The quantitative estimate of drug-likeness (QED) is 0.334. The third kappa shape index (κ3) is 7.46. The summed E-state index contributed by atoms with van der Waals surface area (Å²) in [7, 11) is 0. The minimum Gasteiger partial charge on any atom is -0.389 e. The number of nitrogens with zero attached hydrogens (tertiary/aromatic N) is 3. The molecule has 1 aromatic carbocycles. The molecular formula is C20H33IN4O2. The maximum Gasteiger partial charge on any atom is 0.194 e. The maximum atomic E-state index is 10.1. The van der Waals surface area contributed by atoms with Crippen LogP contribution in [0.5, 0.6) is 0 Å². The number of halogens is 1. The van der Waals surface area contributed by atoms with Crippen LogP contribution in [0.15, 0.2) is 35.3 Å². The zero-order chi connectivity index (χ0) is 18.2. The lowest BCUT2D eigenvalue weighted by atomic mass is 10.2. The van der Waals surface area contributed by atoms with Gasteiger partial charge in [0.15, 0.2) is 5.96 Å². The van der Waals surface area contributed by atoms with Crippen LogP contribution < -0.4 is 10.2 Å². The summed E-state index contributed by atoms with van der Waals surface area (Å²) in [6, 6.07) is 10.5. The molecule has 0 bridgehead atoms. The van der Waals surface area contributed by atoms with Gasteiger partial charge in [-0.2, -0.15) is 0 Å². The van der Waals surface area contributed by atoms with Gasteiger partial charge < -0.3 is 25.0 Å². The van der Waals surface area contributed by atoms with E-state index in [0.29, 0.717) is 13.2 Å². The largest absolute Gasteiger partial charge is 0.389 e. The van der Waals surface area contributed by atoms with E-state index in [2.05, 4.69) is 57.4 Å². The fraction of sp³-hybridized carbons (Fsp3) is 0.650. The number of rotatable bonds is 8. The number of anilines is 1.